The molecule has 2 heterocycles. The number of nitrogens with zero attached hydrogens (tertiary/aromatic N) is 2. The number of benzene rings is 1. The molecule has 2 aromatic rings. The van der Waals surface area contributed by atoms with Crippen LogP contribution in [0.2, 0.25) is 0 Å². The Morgan fingerprint density at radius 3 is 2.71 bits per heavy atom. The number of nitrogens with one attached hydrogen (secondary N) is 1. The van der Waals surface area contributed by atoms with Crippen molar-refractivity contribution in [2.24, 2.45) is 11.7 Å². The third-order valence-electron chi connectivity index (χ3n) is 5.12. The molecular formula is C23H30N4O4. The quantitative estimate of drug-likeness (QED) is 0.638. The van der Waals surface area contributed by atoms with E-state index in [9.17, 15) is 9.59 Å². The minimum Gasteiger partial charge on any atom is -0.490 e. The number of carbonyl (C=O) groups is 2. The van der Waals surface area contributed by atoms with E-state index in [1.54, 1.807) is 30.5 Å². The second-order valence-electron chi connectivity index (χ2n) is 7.49. The van der Waals surface area contributed by atoms with Crippen molar-refractivity contribution in [1.29, 1.82) is 0 Å². The first-order chi connectivity index (χ1) is 15.0. The maximum Gasteiger partial charge on any atom is 0.255 e. The lowest BCUT2D eigenvalue weighted by atomic mass is 9.97. The summed E-state index contributed by atoms with van der Waals surface area (Å²) in [5, 5.41) is 2.86. The van der Waals surface area contributed by atoms with Gasteiger partial charge in [-0.15, -0.1) is 0 Å². The highest BCUT2D eigenvalue weighted by molar-refractivity contribution is 6.04. The normalized spacial score (nSPS) is 15.9. The summed E-state index contributed by atoms with van der Waals surface area (Å²) in [6, 6.07) is 8.79. The topological polar surface area (TPSA) is 107 Å². The van der Waals surface area contributed by atoms with Crippen LogP contribution in [0.4, 0.5) is 11.5 Å². The molecule has 8 heteroatoms. The van der Waals surface area contributed by atoms with E-state index in [1.807, 2.05) is 24.8 Å². The number of hydrogen-bond donors (Lipinski definition) is 2. The van der Waals surface area contributed by atoms with E-state index in [0.29, 0.717) is 42.5 Å². The van der Waals surface area contributed by atoms with Gasteiger partial charge >= 0.3 is 0 Å². The second-order valence-corrected chi connectivity index (χ2v) is 7.49. The number of piperidine rings is 1. The molecule has 1 saturated heterocycles. The fourth-order valence-electron chi connectivity index (χ4n) is 3.52. The van der Waals surface area contributed by atoms with Crippen LogP contribution < -0.4 is 25.4 Å². The van der Waals surface area contributed by atoms with Gasteiger partial charge < -0.3 is 25.4 Å². The van der Waals surface area contributed by atoms with E-state index in [-0.39, 0.29) is 17.7 Å². The highest BCUT2D eigenvalue weighted by atomic mass is 16.5. The number of hydrogen-bond acceptors (Lipinski definition) is 6. The molecule has 0 saturated carbocycles. The number of pyridine rings is 1. The summed E-state index contributed by atoms with van der Waals surface area (Å²) < 4.78 is 11.3. The average Bonchev–Trinajstić information content (AvgIpc) is 2.79. The largest absolute Gasteiger partial charge is 0.490 e. The summed E-state index contributed by atoms with van der Waals surface area (Å²) in [5.41, 5.74) is 6.51. The van der Waals surface area contributed by atoms with Crippen molar-refractivity contribution in [1.82, 2.24) is 4.98 Å². The lowest BCUT2D eigenvalue weighted by Crippen LogP contribution is -2.41. The molecule has 1 aromatic heterocycles. The van der Waals surface area contributed by atoms with Gasteiger partial charge in [0.2, 0.25) is 5.91 Å². The second kappa shape index (κ2) is 10.7. The number of amides is 2. The van der Waals surface area contributed by atoms with Crippen molar-refractivity contribution < 1.29 is 19.1 Å². The van der Waals surface area contributed by atoms with Crippen molar-refractivity contribution in [3.05, 3.63) is 42.1 Å². The molecule has 1 unspecified atom stereocenters. The number of aromatic nitrogens is 1. The summed E-state index contributed by atoms with van der Waals surface area (Å²) in [6.07, 6.45) is 4.21. The fraction of sp³-hybridized carbons (Fsp3) is 0.435. The number of primary amides is 1. The molecule has 166 valence electrons. The van der Waals surface area contributed by atoms with Gasteiger partial charge in [0, 0.05) is 18.7 Å². The monoisotopic (exact) mass is 426 g/mol. The number of ether oxygens (including phenoxy) is 2. The highest BCUT2D eigenvalue weighted by Crippen LogP contribution is 2.29. The van der Waals surface area contributed by atoms with Crippen LogP contribution in [-0.4, -0.2) is 43.1 Å². The molecular weight excluding hydrogens is 396 g/mol. The number of nitrogens with two attached hydrogens (primary N) is 1. The van der Waals surface area contributed by atoms with Crippen LogP contribution in [0, 0.1) is 5.92 Å². The highest BCUT2D eigenvalue weighted by Gasteiger charge is 2.24. The Kier molecular flexibility index (Phi) is 7.70. The molecule has 2 amide bonds. The van der Waals surface area contributed by atoms with Gasteiger partial charge in [0.25, 0.3) is 5.91 Å². The Morgan fingerprint density at radius 2 is 2.03 bits per heavy atom. The van der Waals surface area contributed by atoms with Crippen LogP contribution in [0.3, 0.4) is 0 Å². The predicted octanol–water partition coefficient (Wildman–Crippen LogP) is 3.22. The molecule has 31 heavy (non-hydrogen) atoms. The van der Waals surface area contributed by atoms with Gasteiger partial charge in [-0.25, -0.2) is 4.98 Å². The lowest BCUT2D eigenvalue weighted by Gasteiger charge is -2.32. The number of rotatable bonds is 9. The van der Waals surface area contributed by atoms with Gasteiger partial charge in [-0.1, -0.05) is 6.92 Å². The van der Waals surface area contributed by atoms with E-state index in [4.69, 9.17) is 15.2 Å². The fourth-order valence-corrected chi connectivity index (χ4v) is 3.52. The Labute approximate surface area is 182 Å². The summed E-state index contributed by atoms with van der Waals surface area (Å²) in [7, 11) is 0. The molecule has 1 aromatic carbocycles. The summed E-state index contributed by atoms with van der Waals surface area (Å²) in [5.74, 6) is 1.25. The van der Waals surface area contributed by atoms with E-state index in [1.165, 1.54) is 0 Å². The third kappa shape index (κ3) is 5.87. The first kappa shape index (κ1) is 22.4. The number of anilines is 2. The molecule has 0 radical (unpaired) electrons. The van der Waals surface area contributed by atoms with Gasteiger partial charge in [0.15, 0.2) is 11.5 Å². The van der Waals surface area contributed by atoms with Crippen molar-refractivity contribution in [2.75, 3.05) is 36.5 Å². The summed E-state index contributed by atoms with van der Waals surface area (Å²) in [4.78, 5) is 30.7. The van der Waals surface area contributed by atoms with Gasteiger partial charge in [-0.3, -0.25) is 9.59 Å². The van der Waals surface area contributed by atoms with E-state index in [0.717, 1.165) is 31.6 Å². The van der Waals surface area contributed by atoms with Gasteiger partial charge in [0.1, 0.15) is 5.82 Å². The van der Waals surface area contributed by atoms with Crippen LogP contribution in [0.15, 0.2) is 36.5 Å². The first-order valence-corrected chi connectivity index (χ1v) is 10.7. The molecule has 1 aliphatic rings. The van der Waals surface area contributed by atoms with Gasteiger partial charge in [-0.2, -0.15) is 0 Å². The zero-order chi connectivity index (χ0) is 22.2. The maximum absolute atomic E-state index is 12.7. The molecule has 1 fully saturated rings. The van der Waals surface area contributed by atoms with Crippen LogP contribution in [0.1, 0.15) is 43.5 Å². The Morgan fingerprint density at radius 1 is 1.19 bits per heavy atom. The summed E-state index contributed by atoms with van der Waals surface area (Å²) in [6.45, 7) is 6.38. The van der Waals surface area contributed by atoms with E-state index in [2.05, 4.69) is 10.3 Å². The lowest BCUT2D eigenvalue weighted by molar-refractivity contribution is -0.122. The van der Waals surface area contributed by atoms with Crippen LogP contribution in [0.25, 0.3) is 0 Å². The van der Waals surface area contributed by atoms with Gasteiger partial charge in [0.05, 0.1) is 31.0 Å². The predicted molar refractivity (Wildman–Crippen MR) is 120 cm³/mol. The molecule has 0 aliphatic carbocycles. The first-order valence-electron chi connectivity index (χ1n) is 10.7. The Balaban J connectivity index is 1.66. The van der Waals surface area contributed by atoms with E-state index < -0.39 is 0 Å². The molecule has 1 aliphatic heterocycles. The van der Waals surface area contributed by atoms with Crippen molar-refractivity contribution in [2.45, 2.75) is 33.1 Å². The summed E-state index contributed by atoms with van der Waals surface area (Å²) >= 11 is 0. The van der Waals surface area contributed by atoms with Crippen molar-refractivity contribution >= 4 is 23.3 Å². The van der Waals surface area contributed by atoms with E-state index >= 15 is 0 Å². The maximum atomic E-state index is 12.7. The minimum atomic E-state index is -0.272. The molecule has 1 atom stereocenters. The molecule has 0 spiro atoms. The number of carbonyl (C=O) groups excluding carboxylic acids is 2. The Bertz CT molecular complexity index is 901. The molecule has 3 N–H and O–H groups in total. The average molecular weight is 427 g/mol. The molecule has 8 nitrogen and oxygen atoms in total. The van der Waals surface area contributed by atoms with Crippen LogP contribution in [0.5, 0.6) is 11.5 Å². The smallest absolute Gasteiger partial charge is 0.255 e. The van der Waals surface area contributed by atoms with Crippen LogP contribution in [-0.2, 0) is 4.79 Å². The third-order valence-corrected chi connectivity index (χ3v) is 5.12. The Hall–Kier alpha value is -3.29. The van der Waals surface area contributed by atoms with Gasteiger partial charge in [-0.05, 0) is 56.5 Å². The van der Waals surface area contributed by atoms with Crippen molar-refractivity contribution in [3.63, 3.8) is 0 Å². The SMILES string of the molecule is CCCOc1ccc(C(=O)Nc2ccc(N3CCCC(C(N)=O)C3)nc2)cc1OCC. The molecule has 0 bridgehead atoms. The zero-order valence-corrected chi connectivity index (χ0v) is 18.1. The zero-order valence-electron chi connectivity index (χ0n) is 18.1. The standard InChI is InChI=1S/C23H30N4O4/c1-3-12-31-19-9-7-16(13-20(19)30-4-2)23(29)26-18-8-10-21(25-14-18)27-11-5-6-17(15-27)22(24)28/h7-10,13-14,17H,3-6,11-12,15H2,1-2H3,(H2,24,28)(H,26,29). The van der Waals surface area contributed by atoms with Crippen LogP contribution >= 0.6 is 0 Å². The minimum absolute atomic E-state index is 0.154. The van der Waals surface area contributed by atoms with Crippen molar-refractivity contribution in [3.8, 4) is 11.5 Å². The molecule has 3 rings (SSSR count).